The monoisotopic (exact) mass is 376 g/mol. The van der Waals surface area contributed by atoms with Gasteiger partial charge in [0.2, 0.25) is 5.78 Å². The van der Waals surface area contributed by atoms with E-state index in [1.807, 2.05) is 0 Å². The van der Waals surface area contributed by atoms with E-state index in [0.717, 1.165) is 12.3 Å². The zero-order valence-electron chi connectivity index (χ0n) is 8.08. The molecule has 0 heterocycles. The fourth-order valence-electron chi connectivity index (χ4n) is 0.971. The van der Waals surface area contributed by atoms with Gasteiger partial charge in [0.1, 0.15) is 5.82 Å². The van der Waals surface area contributed by atoms with E-state index in [0.29, 0.717) is 0 Å². The van der Waals surface area contributed by atoms with Crippen LogP contribution in [-0.2, 0) is 9.84 Å². The predicted octanol–water partition coefficient (Wildman–Crippen LogP) is 2.38. The van der Waals surface area contributed by atoms with Crippen LogP contribution in [0.1, 0.15) is 10.4 Å². The number of carbonyl (C=O) groups excluding carboxylic acids is 1. The van der Waals surface area contributed by atoms with E-state index in [1.54, 1.807) is 0 Å². The van der Waals surface area contributed by atoms with E-state index in [1.165, 1.54) is 40.8 Å². The normalized spacial score (nSPS) is 15.5. The van der Waals surface area contributed by atoms with Gasteiger partial charge in [-0.3, -0.25) is 4.79 Å². The summed E-state index contributed by atoms with van der Waals surface area (Å²) in [4.78, 5) is 11.8. The van der Waals surface area contributed by atoms with E-state index < -0.39 is 23.7 Å². The van der Waals surface area contributed by atoms with Gasteiger partial charge in [0, 0.05) is 6.26 Å². The van der Waals surface area contributed by atoms with Crippen LogP contribution in [0.25, 0.3) is 0 Å². The molecule has 0 aliphatic carbocycles. The highest BCUT2D eigenvalue weighted by Crippen LogP contribution is 2.34. The first-order chi connectivity index (χ1) is 7.18. The van der Waals surface area contributed by atoms with Crippen molar-refractivity contribution in [3.8, 4) is 0 Å². The van der Waals surface area contributed by atoms with Gasteiger partial charge in [-0.25, -0.2) is 12.8 Å². The first kappa shape index (κ1) is 13.9. The number of sulfone groups is 1. The third-order valence-corrected chi connectivity index (χ3v) is 6.87. The third-order valence-electron chi connectivity index (χ3n) is 1.85. The molecule has 0 spiro atoms. The minimum atomic E-state index is -3.83. The number of rotatable bonds is 3. The van der Waals surface area contributed by atoms with Gasteiger partial charge in [-0.05, 0) is 34.7 Å². The number of ketones is 1. The van der Waals surface area contributed by atoms with Crippen molar-refractivity contribution in [3.05, 3.63) is 35.6 Å². The summed E-state index contributed by atoms with van der Waals surface area (Å²) in [6, 6.07) is 5.09. The summed E-state index contributed by atoms with van der Waals surface area (Å²) in [6.07, 6.45) is 0.825. The Morgan fingerprint density at radius 3 is 2.38 bits per heavy atom. The first-order valence-electron chi connectivity index (χ1n) is 4.04. The van der Waals surface area contributed by atoms with E-state index >= 15 is 0 Å². The molecule has 0 unspecified atom stereocenters. The Morgan fingerprint density at radius 1 is 1.44 bits per heavy atom. The largest absolute Gasteiger partial charge is 0.290 e. The Balaban J connectivity index is 3.29. The molecule has 0 aliphatic heterocycles. The van der Waals surface area contributed by atoms with E-state index in [9.17, 15) is 17.6 Å². The fourth-order valence-corrected chi connectivity index (χ4v) is 1.81. The molecule has 1 aromatic carbocycles. The van der Waals surface area contributed by atoms with Gasteiger partial charge in [0.15, 0.2) is 9.84 Å². The third kappa shape index (κ3) is 2.54. The number of hydrogen-bond acceptors (Lipinski definition) is 3. The molecule has 16 heavy (non-hydrogen) atoms. The summed E-state index contributed by atoms with van der Waals surface area (Å²) >= 11 is 6.94. The maximum Gasteiger partial charge on any atom is 0.257 e. The second-order valence-electron chi connectivity index (χ2n) is 3.10. The lowest BCUT2D eigenvalue weighted by Gasteiger charge is -2.16. The van der Waals surface area contributed by atoms with Gasteiger partial charge in [0.05, 0.1) is 5.56 Å². The van der Waals surface area contributed by atoms with Crippen LogP contribution in [0.3, 0.4) is 0 Å². The molecule has 0 aliphatic rings. The first-order valence-corrected chi connectivity index (χ1v) is 7.39. The Kier molecular flexibility index (Phi) is 3.96. The molecule has 0 N–H and O–H groups in total. The smallest absolute Gasteiger partial charge is 0.257 e. The van der Waals surface area contributed by atoms with Crippen LogP contribution in [0.5, 0.6) is 0 Å². The van der Waals surface area contributed by atoms with Crippen molar-refractivity contribution < 1.29 is 17.6 Å². The molecule has 1 aromatic rings. The second-order valence-corrected chi connectivity index (χ2v) is 9.03. The fraction of sp³-hybridized carbons (Fsp3) is 0.222. The van der Waals surface area contributed by atoms with Crippen molar-refractivity contribution in [1.82, 2.24) is 0 Å². The average molecular weight is 377 g/mol. The highest BCUT2D eigenvalue weighted by molar-refractivity contribution is 14.1. The Morgan fingerprint density at radius 2 is 1.94 bits per heavy atom. The maximum absolute atomic E-state index is 13.3. The minimum absolute atomic E-state index is 0.336. The number of hydrogen-bond donors (Lipinski definition) is 0. The molecule has 0 fully saturated rings. The summed E-state index contributed by atoms with van der Waals surface area (Å²) < 4.78 is 33.7. The Hall–Kier alpha value is -0.210. The van der Waals surface area contributed by atoms with Crippen molar-refractivity contribution in [3.63, 3.8) is 0 Å². The van der Waals surface area contributed by atoms with Gasteiger partial charge in [-0.1, -0.05) is 23.7 Å². The molecule has 0 radical (unpaired) electrons. The number of Topliss-reactive ketones (excluding diaryl/α,β-unsaturated/α-hetero) is 1. The van der Waals surface area contributed by atoms with E-state index in [2.05, 4.69) is 0 Å². The van der Waals surface area contributed by atoms with Crippen LogP contribution in [0.4, 0.5) is 4.39 Å². The summed E-state index contributed by atoms with van der Waals surface area (Å²) in [7, 11) is -3.83. The molecule has 88 valence electrons. The molecular weight excluding hydrogens is 370 g/mol. The zero-order chi connectivity index (χ0) is 12.6. The van der Waals surface area contributed by atoms with Gasteiger partial charge >= 0.3 is 0 Å². The average Bonchev–Trinajstić information content (AvgIpc) is 2.15. The van der Waals surface area contributed by atoms with Gasteiger partial charge in [0.25, 0.3) is 2.21 Å². The molecule has 1 rings (SSSR count). The van der Waals surface area contributed by atoms with Gasteiger partial charge < -0.3 is 0 Å². The highest BCUT2D eigenvalue weighted by atomic mass is 127. The van der Waals surface area contributed by atoms with Crippen molar-refractivity contribution in [1.29, 1.82) is 0 Å². The van der Waals surface area contributed by atoms with Gasteiger partial charge in [-0.2, -0.15) is 0 Å². The quantitative estimate of drug-likeness (QED) is 0.462. The second kappa shape index (κ2) is 4.58. The van der Waals surface area contributed by atoms with Crippen molar-refractivity contribution in [2.24, 2.45) is 0 Å². The summed E-state index contributed by atoms with van der Waals surface area (Å²) in [5.74, 6) is -1.77. The summed E-state index contributed by atoms with van der Waals surface area (Å²) in [5.41, 5.74) is -0.336. The van der Waals surface area contributed by atoms with E-state index in [4.69, 9.17) is 11.6 Å². The van der Waals surface area contributed by atoms with Crippen LogP contribution < -0.4 is 0 Å². The molecule has 0 bridgehead atoms. The van der Waals surface area contributed by atoms with Crippen molar-refractivity contribution in [2.45, 2.75) is 2.21 Å². The molecule has 0 amide bonds. The van der Waals surface area contributed by atoms with Crippen LogP contribution in [0.15, 0.2) is 24.3 Å². The number of carbonyl (C=O) groups is 1. The molecule has 0 saturated heterocycles. The number of alkyl halides is 2. The summed E-state index contributed by atoms with van der Waals surface area (Å²) in [6.45, 7) is 0. The van der Waals surface area contributed by atoms with Crippen LogP contribution >= 0.6 is 34.2 Å². The molecule has 0 aromatic heterocycles. The maximum atomic E-state index is 13.3. The predicted molar refractivity (Wildman–Crippen MR) is 68.2 cm³/mol. The Labute approximate surface area is 111 Å². The lowest BCUT2D eigenvalue weighted by atomic mass is 10.1. The molecule has 7 heteroatoms. The SMILES string of the molecule is CS(=O)(=O)[C@](Cl)(I)C(=O)c1ccccc1F. The number of halogens is 3. The molecular formula is C9H7ClFIO3S. The van der Waals surface area contributed by atoms with E-state index in [-0.39, 0.29) is 5.56 Å². The van der Waals surface area contributed by atoms with Crippen molar-refractivity contribution in [2.75, 3.05) is 6.26 Å². The molecule has 1 atom stereocenters. The highest BCUT2D eigenvalue weighted by Gasteiger charge is 2.44. The van der Waals surface area contributed by atoms with Crippen LogP contribution in [0, 0.1) is 5.82 Å². The lowest BCUT2D eigenvalue weighted by Crippen LogP contribution is -2.34. The minimum Gasteiger partial charge on any atom is -0.290 e. The topological polar surface area (TPSA) is 51.2 Å². The van der Waals surface area contributed by atoms with Crippen molar-refractivity contribution >= 4 is 49.8 Å². The number of benzene rings is 1. The Bertz CT molecular complexity index is 527. The zero-order valence-corrected chi connectivity index (χ0v) is 11.8. The standard InChI is InChI=1S/C9H7ClFIO3S/c1-16(14,15)9(10,12)8(13)6-4-2-3-5-7(6)11/h2-5H,1H3/t9-/m1/s1. The van der Waals surface area contributed by atoms with Gasteiger partial charge in [-0.15, -0.1) is 0 Å². The summed E-state index contributed by atoms with van der Waals surface area (Å²) in [5, 5.41) is 0. The van der Waals surface area contributed by atoms with Crippen LogP contribution in [0.2, 0.25) is 0 Å². The van der Waals surface area contributed by atoms with Crippen LogP contribution in [-0.4, -0.2) is 22.7 Å². The molecule has 3 nitrogen and oxygen atoms in total. The molecule has 0 saturated carbocycles. The lowest BCUT2D eigenvalue weighted by molar-refractivity contribution is 0.0999.